The SMILES string of the molecule is Cc1ccn(NCCc2ccccc2)c(=O)c1CC(=O)NCc1cc(Cl)ccc1CNC(=O)O. The van der Waals surface area contributed by atoms with Gasteiger partial charge in [-0.2, -0.15) is 0 Å². The second kappa shape index (κ2) is 11.9. The maximum absolute atomic E-state index is 12.9. The molecule has 3 rings (SSSR count). The third-order valence-corrected chi connectivity index (χ3v) is 5.61. The molecule has 0 aliphatic heterocycles. The number of nitrogens with one attached hydrogen (secondary N) is 3. The smallest absolute Gasteiger partial charge is 0.404 e. The lowest BCUT2D eigenvalue weighted by Crippen LogP contribution is -2.35. The van der Waals surface area contributed by atoms with Crippen molar-refractivity contribution in [3.63, 3.8) is 0 Å². The molecule has 2 amide bonds. The number of rotatable bonds is 10. The first-order valence-corrected chi connectivity index (χ1v) is 11.2. The van der Waals surface area contributed by atoms with Crippen molar-refractivity contribution in [1.29, 1.82) is 0 Å². The van der Waals surface area contributed by atoms with Crippen LogP contribution in [0.5, 0.6) is 0 Å². The fourth-order valence-corrected chi connectivity index (χ4v) is 3.69. The van der Waals surface area contributed by atoms with Gasteiger partial charge in [-0.3, -0.25) is 9.59 Å². The zero-order valence-electron chi connectivity index (χ0n) is 18.8. The van der Waals surface area contributed by atoms with E-state index >= 15 is 0 Å². The molecule has 3 aromatic rings. The van der Waals surface area contributed by atoms with Gasteiger partial charge in [-0.15, -0.1) is 0 Å². The summed E-state index contributed by atoms with van der Waals surface area (Å²) in [5.41, 5.74) is 6.53. The van der Waals surface area contributed by atoms with Crippen LogP contribution in [0.1, 0.15) is 27.8 Å². The quantitative estimate of drug-likeness (QED) is 0.354. The van der Waals surface area contributed by atoms with Gasteiger partial charge in [-0.1, -0.05) is 48.0 Å². The number of hydrogen-bond acceptors (Lipinski definition) is 4. The Morgan fingerprint density at radius 3 is 2.47 bits per heavy atom. The van der Waals surface area contributed by atoms with E-state index in [1.54, 1.807) is 37.4 Å². The van der Waals surface area contributed by atoms with Gasteiger partial charge in [-0.05, 0) is 53.8 Å². The van der Waals surface area contributed by atoms with Gasteiger partial charge in [0.25, 0.3) is 5.56 Å². The van der Waals surface area contributed by atoms with E-state index in [2.05, 4.69) is 16.1 Å². The summed E-state index contributed by atoms with van der Waals surface area (Å²) in [5.74, 6) is -0.320. The van der Waals surface area contributed by atoms with Crippen LogP contribution in [0.2, 0.25) is 5.02 Å². The van der Waals surface area contributed by atoms with E-state index in [9.17, 15) is 14.4 Å². The minimum Gasteiger partial charge on any atom is -0.465 e. The Bertz CT molecular complexity index is 1210. The highest BCUT2D eigenvalue weighted by molar-refractivity contribution is 6.30. The van der Waals surface area contributed by atoms with E-state index in [4.69, 9.17) is 16.7 Å². The molecule has 0 fully saturated rings. The third kappa shape index (κ3) is 7.11. The molecular weight excluding hydrogens is 456 g/mol. The summed E-state index contributed by atoms with van der Waals surface area (Å²) in [6, 6.07) is 16.8. The first kappa shape index (κ1) is 24.9. The molecule has 4 N–H and O–H groups in total. The average molecular weight is 483 g/mol. The molecule has 0 saturated carbocycles. The molecule has 178 valence electrons. The molecular formula is C25H27ClN4O4. The van der Waals surface area contributed by atoms with Crippen LogP contribution in [0.3, 0.4) is 0 Å². The van der Waals surface area contributed by atoms with Crippen molar-refractivity contribution in [1.82, 2.24) is 15.3 Å². The van der Waals surface area contributed by atoms with E-state index in [-0.39, 0.29) is 31.0 Å². The molecule has 0 unspecified atom stereocenters. The summed E-state index contributed by atoms with van der Waals surface area (Å²) in [6.45, 7) is 2.62. The number of halogens is 1. The van der Waals surface area contributed by atoms with E-state index in [0.717, 1.165) is 17.5 Å². The minimum absolute atomic E-state index is 0.0743. The Morgan fingerprint density at radius 2 is 1.74 bits per heavy atom. The van der Waals surface area contributed by atoms with Gasteiger partial charge in [0.2, 0.25) is 5.91 Å². The van der Waals surface area contributed by atoms with Crippen molar-refractivity contribution >= 4 is 23.6 Å². The highest BCUT2D eigenvalue weighted by atomic mass is 35.5. The molecule has 1 aromatic heterocycles. The van der Waals surface area contributed by atoms with Gasteiger partial charge >= 0.3 is 6.09 Å². The van der Waals surface area contributed by atoms with E-state index in [0.29, 0.717) is 28.3 Å². The molecule has 9 heteroatoms. The average Bonchev–Trinajstić information content (AvgIpc) is 2.82. The third-order valence-electron chi connectivity index (χ3n) is 5.38. The van der Waals surface area contributed by atoms with E-state index < -0.39 is 6.09 Å². The largest absolute Gasteiger partial charge is 0.465 e. The molecule has 1 heterocycles. The minimum atomic E-state index is -1.14. The first-order chi connectivity index (χ1) is 16.3. The van der Waals surface area contributed by atoms with Crippen molar-refractivity contribution in [2.75, 3.05) is 12.0 Å². The van der Waals surface area contributed by atoms with Crippen LogP contribution in [0, 0.1) is 6.92 Å². The lowest BCUT2D eigenvalue weighted by molar-refractivity contribution is -0.120. The van der Waals surface area contributed by atoms with E-state index in [1.807, 2.05) is 30.3 Å². The Hall–Kier alpha value is -3.78. The summed E-state index contributed by atoms with van der Waals surface area (Å²) in [4.78, 5) is 36.4. The molecule has 0 saturated heterocycles. The number of nitrogens with zero attached hydrogens (tertiary/aromatic N) is 1. The maximum atomic E-state index is 12.9. The molecule has 0 bridgehead atoms. The monoisotopic (exact) mass is 482 g/mol. The predicted octanol–water partition coefficient (Wildman–Crippen LogP) is 3.22. The number of aryl methyl sites for hydroxylation is 1. The molecule has 34 heavy (non-hydrogen) atoms. The van der Waals surface area contributed by atoms with E-state index in [1.165, 1.54) is 4.68 Å². The van der Waals surface area contributed by atoms with Crippen LogP contribution in [0.25, 0.3) is 0 Å². The van der Waals surface area contributed by atoms with Crippen LogP contribution in [0.4, 0.5) is 4.79 Å². The topological polar surface area (TPSA) is 112 Å². The summed E-state index contributed by atoms with van der Waals surface area (Å²) in [7, 11) is 0. The lowest BCUT2D eigenvalue weighted by Gasteiger charge is -2.14. The van der Waals surface area contributed by atoms with Gasteiger partial charge in [0, 0.05) is 36.4 Å². The van der Waals surface area contributed by atoms with Gasteiger partial charge in [0.15, 0.2) is 0 Å². The van der Waals surface area contributed by atoms with Crippen molar-refractivity contribution < 1.29 is 14.7 Å². The Balaban J connectivity index is 1.62. The highest BCUT2D eigenvalue weighted by Gasteiger charge is 2.13. The number of hydrogen-bond donors (Lipinski definition) is 4. The second-order valence-corrected chi connectivity index (χ2v) is 8.26. The number of carbonyl (C=O) groups excluding carboxylic acids is 1. The molecule has 8 nitrogen and oxygen atoms in total. The fourth-order valence-electron chi connectivity index (χ4n) is 3.49. The van der Waals surface area contributed by atoms with Gasteiger partial charge in [0.1, 0.15) is 0 Å². The van der Waals surface area contributed by atoms with Crippen molar-refractivity contribution in [2.45, 2.75) is 32.9 Å². The van der Waals surface area contributed by atoms with Crippen molar-refractivity contribution in [2.24, 2.45) is 0 Å². The summed E-state index contributed by atoms with van der Waals surface area (Å²) >= 11 is 6.06. The number of benzene rings is 2. The first-order valence-electron chi connectivity index (χ1n) is 10.8. The van der Waals surface area contributed by atoms with Gasteiger partial charge in [0.05, 0.1) is 6.42 Å². The summed E-state index contributed by atoms with van der Waals surface area (Å²) in [6.07, 6.45) is 1.21. The fraction of sp³-hybridized carbons (Fsp3) is 0.240. The van der Waals surface area contributed by atoms with Crippen molar-refractivity contribution in [3.8, 4) is 0 Å². The second-order valence-electron chi connectivity index (χ2n) is 7.82. The molecule has 2 aromatic carbocycles. The Kier molecular flexibility index (Phi) is 8.70. The van der Waals surface area contributed by atoms with Crippen molar-refractivity contribution in [3.05, 3.63) is 104 Å². The zero-order chi connectivity index (χ0) is 24.5. The van der Waals surface area contributed by atoms with Crippen LogP contribution in [-0.4, -0.2) is 28.3 Å². The summed E-state index contributed by atoms with van der Waals surface area (Å²) < 4.78 is 1.41. The van der Waals surface area contributed by atoms with Crippen LogP contribution >= 0.6 is 11.6 Å². The predicted molar refractivity (Wildman–Crippen MR) is 132 cm³/mol. The lowest BCUT2D eigenvalue weighted by atomic mass is 10.1. The summed E-state index contributed by atoms with van der Waals surface area (Å²) in [5, 5.41) is 14.4. The molecule has 0 aliphatic rings. The van der Waals surface area contributed by atoms with Gasteiger partial charge < -0.3 is 21.2 Å². The highest BCUT2D eigenvalue weighted by Crippen LogP contribution is 2.16. The van der Waals surface area contributed by atoms with Crippen LogP contribution < -0.4 is 21.6 Å². The number of amides is 2. The molecule has 0 atom stereocenters. The van der Waals surface area contributed by atoms with Crippen LogP contribution in [-0.2, 0) is 30.7 Å². The number of carboxylic acid groups (broad SMARTS) is 1. The molecule has 0 radical (unpaired) electrons. The molecule has 0 aliphatic carbocycles. The van der Waals surface area contributed by atoms with Crippen LogP contribution in [0.15, 0.2) is 65.6 Å². The standard InChI is InChI=1S/C25H27ClN4O4/c1-17-10-12-30(29-11-9-18-5-3-2-4-6-18)24(32)22(17)14-23(31)27-16-20-13-21(26)8-7-19(20)15-28-25(33)34/h2-8,10,12-13,28-29H,9,11,14-16H2,1H3,(H,27,31)(H,33,34). The maximum Gasteiger partial charge on any atom is 0.404 e. The number of carbonyl (C=O) groups is 2. The normalized spacial score (nSPS) is 10.5. The Morgan fingerprint density at radius 1 is 1.00 bits per heavy atom. The molecule has 0 spiro atoms. The zero-order valence-corrected chi connectivity index (χ0v) is 19.6. The number of aromatic nitrogens is 1. The van der Waals surface area contributed by atoms with Gasteiger partial charge in [-0.25, -0.2) is 9.47 Å². The Labute approximate surface area is 202 Å². The number of pyridine rings is 1.